The summed E-state index contributed by atoms with van der Waals surface area (Å²) in [5, 5.41) is 14.3. The molecule has 0 bridgehead atoms. The first-order chi connectivity index (χ1) is 13.8. The number of nitrogens with one attached hydrogen (secondary N) is 2. The smallest absolute Gasteiger partial charge is 0.323 e. The molecule has 7 nitrogen and oxygen atoms in total. The van der Waals surface area contributed by atoms with Crippen LogP contribution < -0.4 is 15.5 Å². The average Bonchev–Trinajstić information content (AvgIpc) is 3.37. The molecule has 3 rings (SSSR count). The highest BCUT2D eigenvalue weighted by atomic mass is 16.4. The quantitative estimate of drug-likeness (QED) is 0.657. The lowest BCUT2D eigenvalue weighted by Crippen LogP contribution is -2.31. The second kappa shape index (κ2) is 8.77. The van der Waals surface area contributed by atoms with Crippen molar-refractivity contribution in [3.05, 3.63) is 54.1 Å². The Labute approximate surface area is 169 Å². The number of carboxylic acids is 1. The Bertz CT molecular complexity index is 911. The van der Waals surface area contributed by atoms with Crippen LogP contribution in [0.4, 0.5) is 21.9 Å². The molecule has 0 aromatic heterocycles. The van der Waals surface area contributed by atoms with E-state index in [9.17, 15) is 14.4 Å². The number of anilines is 3. The number of amides is 3. The Kier molecular flexibility index (Phi) is 6.16. The van der Waals surface area contributed by atoms with E-state index in [0.29, 0.717) is 23.7 Å². The molecule has 2 aromatic carbocycles. The summed E-state index contributed by atoms with van der Waals surface area (Å²) in [6, 6.07) is 14.1. The third-order valence-corrected chi connectivity index (χ3v) is 4.95. The van der Waals surface area contributed by atoms with E-state index in [0.717, 1.165) is 17.7 Å². The van der Waals surface area contributed by atoms with Crippen molar-refractivity contribution in [2.24, 2.45) is 5.92 Å². The fourth-order valence-corrected chi connectivity index (χ4v) is 3.32. The van der Waals surface area contributed by atoms with Gasteiger partial charge >= 0.3 is 12.0 Å². The number of hydrogen-bond donors (Lipinski definition) is 3. The van der Waals surface area contributed by atoms with Gasteiger partial charge in [-0.1, -0.05) is 19.1 Å². The Morgan fingerprint density at radius 2 is 1.72 bits per heavy atom. The summed E-state index contributed by atoms with van der Waals surface area (Å²) in [5.41, 5.74) is 2.87. The molecule has 1 saturated carbocycles. The zero-order valence-electron chi connectivity index (χ0n) is 16.5. The fourth-order valence-electron chi connectivity index (χ4n) is 3.32. The van der Waals surface area contributed by atoms with Crippen LogP contribution in [0.2, 0.25) is 0 Å². The van der Waals surface area contributed by atoms with E-state index in [4.69, 9.17) is 5.11 Å². The van der Waals surface area contributed by atoms with Crippen LogP contribution in [0.1, 0.15) is 32.3 Å². The highest BCUT2D eigenvalue weighted by Gasteiger charge is 2.40. The molecule has 2 atom stereocenters. The first-order valence-corrected chi connectivity index (χ1v) is 9.62. The van der Waals surface area contributed by atoms with Crippen LogP contribution >= 0.6 is 0 Å². The van der Waals surface area contributed by atoms with Gasteiger partial charge in [-0.3, -0.25) is 9.59 Å². The minimum atomic E-state index is -0.857. The van der Waals surface area contributed by atoms with Gasteiger partial charge in [0, 0.05) is 36.4 Å². The molecule has 2 aromatic rings. The Hall–Kier alpha value is -3.35. The molecule has 152 valence electrons. The van der Waals surface area contributed by atoms with Gasteiger partial charge in [-0.25, -0.2) is 4.79 Å². The van der Waals surface area contributed by atoms with Crippen molar-refractivity contribution < 1.29 is 19.5 Å². The molecule has 7 heteroatoms. The Morgan fingerprint density at radius 3 is 2.31 bits per heavy atom. The predicted molar refractivity (Wildman–Crippen MR) is 112 cm³/mol. The Morgan fingerprint density at radius 1 is 1.07 bits per heavy atom. The van der Waals surface area contributed by atoms with E-state index in [1.165, 1.54) is 0 Å². The zero-order valence-corrected chi connectivity index (χ0v) is 16.5. The van der Waals surface area contributed by atoms with Gasteiger partial charge in [0.25, 0.3) is 0 Å². The van der Waals surface area contributed by atoms with Gasteiger partial charge in [0.1, 0.15) is 0 Å². The van der Waals surface area contributed by atoms with E-state index in [-0.39, 0.29) is 18.4 Å². The molecule has 0 radical (unpaired) electrons. The molecule has 1 fully saturated rings. The van der Waals surface area contributed by atoms with Crippen LogP contribution in [0.15, 0.2) is 48.5 Å². The van der Waals surface area contributed by atoms with Crippen molar-refractivity contribution in [3.8, 4) is 0 Å². The molecule has 0 aliphatic heterocycles. The van der Waals surface area contributed by atoms with Crippen molar-refractivity contribution in [3.63, 3.8) is 0 Å². The molecule has 0 heterocycles. The number of hydrogen-bond acceptors (Lipinski definition) is 3. The van der Waals surface area contributed by atoms with Crippen molar-refractivity contribution >= 4 is 35.0 Å². The summed E-state index contributed by atoms with van der Waals surface area (Å²) >= 11 is 0. The lowest BCUT2D eigenvalue weighted by Gasteiger charge is -2.21. The maximum Gasteiger partial charge on any atom is 0.323 e. The van der Waals surface area contributed by atoms with E-state index in [1.807, 2.05) is 18.2 Å². The number of aryl methyl sites for hydroxylation is 1. The number of benzene rings is 2. The van der Waals surface area contributed by atoms with Crippen molar-refractivity contribution in [2.45, 2.75) is 39.2 Å². The summed E-state index contributed by atoms with van der Waals surface area (Å²) in [5.74, 6) is -0.335. The number of aliphatic carboxylic acids is 1. The molecule has 1 aliphatic carbocycles. The first kappa shape index (κ1) is 20.4. The standard InChI is InChI=1S/C22H25N3O4/c1-14-12-20(14)25(15(2)26)19-9-7-17(8-10-19)23-22(29)24-18-5-3-4-16(13-18)6-11-21(27)28/h3-5,7-10,13-14,20H,6,11-12H2,1-2H3,(H,27,28)(H2,23,24,29). The van der Waals surface area contributed by atoms with Gasteiger partial charge in [-0.15, -0.1) is 0 Å². The number of carboxylic acid groups (broad SMARTS) is 1. The van der Waals surface area contributed by atoms with Gasteiger partial charge < -0.3 is 20.6 Å². The monoisotopic (exact) mass is 395 g/mol. The molecule has 0 spiro atoms. The maximum atomic E-state index is 12.3. The lowest BCUT2D eigenvalue weighted by molar-refractivity contribution is -0.137. The third-order valence-electron chi connectivity index (χ3n) is 4.95. The van der Waals surface area contributed by atoms with Crippen molar-refractivity contribution in [2.75, 3.05) is 15.5 Å². The van der Waals surface area contributed by atoms with Crippen molar-refractivity contribution in [1.82, 2.24) is 0 Å². The number of carbonyl (C=O) groups is 3. The van der Waals surface area contributed by atoms with Gasteiger partial charge in [0.05, 0.1) is 0 Å². The number of carbonyl (C=O) groups excluding carboxylic acids is 2. The van der Waals surface area contributed by atoms with Crippen LogP contribution in [-0.4, -0.2) is 29.1 Å². The summed E-state index contributed by atoms with van der Waals surface area (Å²) in [6.45, 7) is 3.69. The number of rotatable bonds is 7. The molecule has 0 saturated heterocycles. The highest BCUT2D eigenvalue weighted by molar-refractivity contribution is 6.00. The van der Waals surface area contributed by atoms with Crippen molar-refractivity contribution in [1.29, 1.82) is 0 Å². The van der Waals surface area contributed by atoms with Crippen LogP contribution in [0.25, 0.3) is 0 Å². The summed E-state index contributed by atoms with van der Waals surface area (Å²) < 4.78 is 0. The predicted octanol–water partition coefficient (Wildman–Crippen LogP) is 4.11. The summed E-state index contributed by atoms with van der Waals surface area (Å²) in [6.07, 6.45) is 1.45. The first-order valence-electron chi connectivity index (χ1n) is 9.62. The topological polar surface area (TPSA) is 98.7 Å². The summed E-state index contributed by atoms with van der Waals surface area (Å²) in [4.78, 5) is 36.7. The molecular formula is C22H25N3O4. The van der Waals surface area contributed by atoms with Gasteiger partial charge in [0.15, 0.2) is 0 Å². The maximum absolute atomic E-state index is 12.3. The van der Waals surface area contributed by atoms with Crippen LogP contribution in [0.3, 0.4) is 0 Å². The number of urea groups is 1. The number of nitrogens with zero attached hydrogens (tertiary/aromatic N) is 1. The second-order valence-corrected chi connectivity index (χ2v) is 7.39. The molecule has 29 heavy (non-hydrogen) atoms. The second-order valence-electron chi connectivity index (χ2n) is 7.39. The molecule has 1 aliphatic rings. The molecular weight excluding hydrogens is 370 g/mol. The highest BCUT2D eigenvalue weighted by Crippen LogP contribution is 2.38. The fraction of sp³-hybridized carbons (Fsp3) is 0.318. The van der Waals surface area contributed by atoms with Crippen LogP contribution in [-0.2, 0) is 16.0 Å². The third kappa shape index (κ3) is 5.57. The normalized spacial score (nSPS) is 17.3. The minimum Gasteiger partial charge on any atom is -0.481 e. The van der Waals surface area contributed by atoms with E-state index in [1.54, 1.807) is 42.2 Å². The summed E-state index contributed by atoms with van der Waals surface area (Å²) in [7, 11) is 0. The van der Waals surface area contributed by atoms with Gasteiger partial charge in [0.2, 0.25) is 5.91 Å². The lowest BCUT2D eigenvalue weighted by atomic mass is 10.1. The average molecular weight is 395 g/mol. The van der Waals surface area contributed by atoms with E-state index < -0.39 is 12.0 Å². The molecule has 3 amide bonds. The minimum absolute atomic E-state index is 0.0144. The van der Waals surface area contributed by atoms with E-state index >= 15 is 0 Å². The SMILES string of the molecule is CC(=O)N(c1ccc(NC(=O)Nc2cccc(CCC(=O)O)c2)cc1)C1CC1C. The van der Waals surface area contributed by atoms with Crippen LogP contribution in [0.5, 0.6) is 0 Å². The molecule has 3 N–H and O–H groups in total. The Balaban J connectivity index is 1.59. The van der Waals surface area contributed by atoms with Gasteiger partial charge in [-0.05, 0) is 60.7 Å². The molecule has 2 unspecified atom stereocenters. The largest absolute Gasteiger partial charge is 0.481 e. The van der Waals surface area contributed by atoms with Gasteiger partial charge in [-0.2, -0.15) is 0 Å². The zero-order chi connectivity index (χ0) is 21.0. The van der Waals surface area contributed by atoms with E-state index in [2.05, 4.69) is 17.6 Å². The van der Waals surface area contributed by atoms with Crippen LogP contribution in [0, 0.1) is 5.92 Å².